The Labute approximate surface area is 122 Å². The summed E-state index contributed by atoms with van der Waals surface area (Å²) in [6, 6.07) is 12.0. The molecule has 0 saturated heterocycles. The lowest BCUT2D eigenvalue weighted by molar-refractivity contribution is 0.335. The van der Waals surface area contributed by atoms with E-state index in [9.17, 15) is 0 Å². The molecule has 4 heteroatoms. The van der Waals surface area contributed by atoms with E-state index in [4.69, 9.17) is 4.74 Å². The van der Waals surface area contributed by atoms with Crippen molar-refractivity contribution in [1.82, 2.24) is 10.3 Å². The standard InChI is InChI=1S/C15H17BrN2O/c1-2-19-15-7-6-13(16)9-12(15)10-17-11-14-5-3-4-8-18-14/h3-9,17H,2,10-11H2,1H3. The van der Waals surface area contributed by atoms with Gasteiger partial charge in [0, 0.05) is 29.3 Å². The highest BCUT2D eigenvalue weighted by atomic mass is 79.9. The van der Waals surface area contributed by atoms with E-state index < -0.39 is 0 Å². The predicted octanol–water partition coefficient (Wildman–Crippen LogP) is 3.53. The summed E-state index contributed by atoms with van der Waals surface area (Å²) in [4.78, 5) is 4.28. The van der Waals surface area contributed by atoms with Crippen molar-refractivity contribution in [3.05, 3.63) is 58.3 Å². The van der Waals surface area contributed by atoms with Gasteiger partial charge in [0.05, 0.1) is 12.3 Å². The van der Waals surface area contributed by atoms with E-state index in [1.54, 1.807) is 0 Å². The minimum absolute atomic E-state index is 0.675. The monoisotopic (exact) mass is 320 g/mol. The molecule has 0 saturated carbocycles. The molecule has 3 nitrogen and oxygen atoms in total. The molecule has 0 bridgehead atoms. The average Bonchev–Trinajstić information content (AvgIpc) is 2.43. The predicted molar refractivity (Wildman–Crippen MR) is 80.1 cm³/mol. The number of ether oxygens (including phenoxy) is 1. The molecular formula is C15H17BrN2O. The molecule has 2 rings (SSSR count). The van der Waals surface area contributed by atoms with Gasteiger partial charge in [0.15, 0.2) is 0 Å². The molecule has 100 valence electrons. The summed E-state index contributed by atoms with van der Waals surface area (Å²) >= 11 is 3.49. The normalized spacial score (nSPS) is 10.4. The maximum Gasteiger partial charge on any atom is 0.123 e. The van der Waals surface area contributed by atoms with Crippen LogP contribution in [0.3, 0.4) is 0 Å². The lowest BCUT2D eigenvalue weighted by Crippen LogP contribution is -2.14. The summed E-state index contributed by atoms with van der Waals surface area (Å²) in [6.07, 6.45) is 1.81. The second-order valence-corrected chi connectivity index (χ2v) is 5.03. The van der Waals surface area contributed by atoms with Gasteiger partial charge in [-0.3, -0.25) is 4.98 Å². The molecule has 0 aliphatic carbocycles. The Kier molecular flexibility index (Phi) is 5.36. The van der Waals surface area contributed by atoms with E-state index in [-0.39, 0.29) is 0 Å². The number of pyridine rings is 1. The zero-order chi connectivity index (χ0) is 13.5. The van der Waals surface area contributed by atoms with Crippen LogP contribution in [0.5, 0.6) is 5.75 Å². The molecule has 2 aromatic rings. The van der Waals surface area contributed by atoms with Gasteiger partial charge in [0.1, 0.15) is 5.75 Å². The molecule has 1 N–H and O–H groups in total. The van der Waals surface area contributed by atoms with Gasteiger partial charge in [0.2, 0.25) is 0 Å². The van der Waals surface area contributed by atoms with Gasteiger partial charge in [-0.1, -0.05) is 22.0 Å². The molecule has 1 aromatic heterocycles. The maximum absolute atomic E-state index is 5.62. The Balaban J connectivity index is 1.96. The molecule has 0 unspecified atom stereocenters. The third kappa shape index (κ3) is 4.33. The second kappa shape index (κ2) is 7.26. The largest absolute Gasteiger partial charge is 0.494 e. The van der Waals surface area contributed by atoms with Gasteiger partial charge in [-0.25, -0.2) is 0 Å². The molecule has 1 heterocycles. The zero-order valence-corrected chi connectivity index (χ0v) is 12.5. The van der Waals surface area contributed by atoms with E-state index in [1.807, 2.05) is 43.5 Å². The summed E-state index contributed by atoms with van der Waals surface area (Å²) in [5.74, 6) is 0.930. The number of benzene rings is 1. The fourth-order valence-corrected chi connectivity index (χ4v) is 2.22. The van der Waals surface area contributed by atoms with Crippen molar-refractivity contribution in [2.75, 3.05) is 6.61 Å². The third-order valence-electron chi connectivity index (χ3n) is 2.67. The summed E-state index contributed by atoms with van der Waals surface area (Å²) in [6.45, 7) is 4.17. The molecule has 0 aliphatic heterocycles. The van der Waals surface area contributed by atoms with E-state index in [0.717, 1.165) is 34.6 Å². The van der Waals surface area contributed by atoms with Gasteiger partial charge < -0.3 is 10.1 Å². The van der Waals surface area contributed by atoms with Crippen LogP contribution in [0, 0.1) is 0 Å². The molecule has 0 atom stereocenters. The Morgan fingerprint density at radius 3 is 2.84 bits per heavy atom. The summed E-state index contributed by atoms with van der Waals surface area (Å²) in [7, 11) is 0. The molecule has 0 fully saturated rings. The smallest absolute Gasteiger partial charge is 0.123 e. The molecule has 0 radical (unpaired) electrons. The van der Waals surface area contributed by atoms with Gasteiger partial charge in [-0.05, 0) is 37.3 Å². The topological polar surface area (TPSA) is 34.1 Å². The molecule has 1 aromatic carbocycles. The number of nitrogens with one attached hydrogen (secondary N) is 1. The highest BCUT2D eigenvalue weighted by molar-refractivity contribution is 9.10. The van der Waals surface area contributed by atoms with Crippen LogP contribution in [0.15, 0.2) is 47.1 Å². The van der Waals surface area contributed by atoms with Crippen molar-refractivity contribution in [1.29, 1.82) is 0 Å². The van der Waals surface area contributed by atoms with Crippen molar-refractivity contribution in [3.8, 4) is 5.75 Å². The van der Waals surface area contributed by atoms with Gasteiger partial charge >= 0.3 is 0 Å². The van der Waals surface area contributed by atoms with Crippen LogP contribution in [0.4, 0.5) is 0 Å². The van der Waals surface area contributed by atoms with E-state index in [2.05, 4.69) is 32.3 Å². The number of nitrogens with zero attached hydrogens (tertiary/aromatic N) is 1. The average molecular weight is 321 g/mol. The third-order valence-corrected chi connectivity index (χ3v) is 3.16. The van der Waals surface area contributed by atoms with Crippen LogP contribution in [0.1, 0.15) is 18.2 Å². The zero-order valence-electron chi connectivity index (χ0n) is 10.9. The van der Waals surface area contributed by atoms with Crippen LogP contribution >= 0.6 is 15.9 Å². The lowest BCUT2D eigenvalue weighted by Gasteiger charge is -2.11. The number of hydrogen-bond acceptors (Lipinski definition) is 3. The van der Waals surface area contributed by atoms with Crippen molar-refractivity contribution in [2.24, 2.45) is 0 Å². The van der Waals surface area contributed by atoms with Gasteiger partial charge in [-0.2, -0.15) is 0 Å². The first-order chi connectivity index (χ1) is 9.29. The van der Waals surface area contributed by atoms with E-state index in [1.165, 1.54) is 0 Å². The first-order valence-electron chi connectivity index (χ1n) is 6.31. The SMILES string of the molecule is CCOc1ccc(Br)cc1CNCc1ccccn1. The maximum atomic E-state index is 5.62. The second-order valence-electron chi connectivity index (χ2n) is 4.11. The van der Waals surface area contributed by atoms with Crippen molar-refractivity contribution >= 4 is 15.9 Å². The lowest BCUT2D eigenvalue weighted by atomic mass is 10.2. The minimum Gasteiger partial charge on any atom is -0.494 e. The minimum atomic E-state index is 0.675. The van der Waals surface area contributed by atoms with Crippen molar-refractivity contribution in [3.63, 3.8) is 0 Å². The number of hydrogen-bond donors (Lipinski definition) is 1. The Morgan fingerprint density at radius 2 is 2.11 bits per heavy atom. The van der Waals surface area contributed by atoms with Crippen LogP contribution in [-0.2, 0) is 13.1 Å². The van der Waals surface area contributed by atoms with Crippen LogP contribution < -0.4 is 10.1 Å². The highest BCUT2D eigenvalue weighted by Crippen LogP contribution is 2.23. The highest BCUT2D eigenvalue weighted by Gasteiger charge is 2.04. The van der Waals surface area contributed by atoms with Crippen LogP contribution in [0.2, 0.25) is 0 Å². The number of halogens is 1. The Bertz CT molecular complexity index is 517. The molecular weight excluding hydrogens is 304 g/mol. The first kappa shape index (κ1) is 14.0. The van der Waals surface area contributed by atoms with Gasteiger partial charge in [0.25, 0.3) is 0 Å². The summed E-state index contributed by atoms with van der Waals surface area (Å²) < 4.78 is 6.68. The van der Waals surface area contributed by atoms with Crippen molar-refractivity contribution < 1.29 is 4.74 Å². The van der Waals surface area contributed by atoms with Crippen LogP contribution in [0.25, 0.3) is 0 Å². The molecule has 0 aliphatic rings. The van der Waals surface area contributed by atoms with Gasteiger partial charge in [-0.15, -0.1) is 0 Å². The molecule has 0 spiro atoms. The van der Waals surface area contributed by atoms with Crippen LogP contribution in [-0.4, -0.2) is 11.6 Å². The fraction of sp³-hybridized carbons (Fsp3) is 0.267. The van der Waals surface area contributed by atoms with E-state index >= 15 is 0 Å². The van der Waals surface area contributed by atoms with E-state index in [0.29, 0.717) is 6.61 Å². The molecule has 0 amide bonds. The van der Waals surface area contributed by atoms with Crippen molar-refractivity contribution in [2.45, 2.75) is 20.0 Å². The fourth-order valence-electron chi connectivity index (χ4n) is 1.81. The Hall–Kier alpha value is -1.39. The number of rotatable bonds is 6. The Morgan fingerprint density at radius 1 is 1.21 bits per heavy atom. The number of aromatic nitrogens is 1. The molecule has 19 heavy (non-hydrogen) atoms. The summed E-state index contributed by atoms with van der Waals surface area (Å²) in [5, 5.41) is 3.38. The first-order valence-corrected chi connectivity index (χ1v) is 7.10. The quantitative estimate of drug-likeness (QED) is 0.884. The summed E-state index contributed by atoms with van der Waals surface area (Å²) in [5.41, 5.74) is 2.18.